The molecule has 0 aliphatic rings. The Hall–Kier alpha value is -0.300. The van der Waals surface area contributed by atoms with E-state index in [2.05, 4.69) is 4.98 Å². The van der Waals surface area contributed by atoms with Gasteiger partial charge in [0.15, 0.2) is 5.69 Å². The molecule has 4 nitrogen and oxygen atoms in total. The molecule has 3 N–H and O–H groups in total. The predicted molar refractivity (Wildman–Crippen MR) is 68.8 cm³/mol. The molecule has 0 aromatic carbocycles. The van der Waals surface area contributed by atoms with E-state index in [1.165, 1.54) is 11.8 Å². The highest BCUT2D eigenvalue weighted by atomic mass is 35.5. The zero-order valence-electron chi connectivity index (χ0n) is 7.94. The quantitative estimate of drug-likeness (QED) is 0.643. The van der Waals surface area contributed by atoms with Gasteiger partial charge in [0.25, 0.3) is 0 Å². The molecule has 0 fully saturated rings. The lowest BCUT2D eigenvalue weighted by atomic mass is 10.3. The maximum atomic E-state index is 11.0. The van der Waals surface area contributed by atoms with Gasteiger partial charge in [0.2, 0.25) is 0 Å². The highest BCUT2D eigenvalue weighted by Crippen LogP contribution is 2.32. The van der Waals surface area contributed by atoms with Crippen molar-refractivity contribution in [2.75, 3.05) is 16.2 Å². The smallest absolute Gasteiger partial charge is 0.355 e. The number of nitrogens with two attached hydrogens (primary N) is 1. The normalized spacial score (nSPS) is 10.4. The van der Waals surface area contributed by atoms with Crippen molar-refractivity contribution in [2.45, 2.75) is 9.92 Å². The molecule has 0 spiro atoms. The number of hydrogen-bond acceptors (Lipinski definition) is 5. The van der Waals surface area contributed by atoms with Crippen molar-refractivity contribution >= 4 is 58.4 Å². The number of halogens is 2. The standard InChI is InChI=1S/C8H8Cl2N2O2S2/c9-2-15-5-1-4(11)7(16-3-10)6(12-5)8(13)14/h1H,2-3H2,(H2,11,12)(H,13,14). The molecule has 8 heteroatoms. The third-order valence-corrected chi connectivity index (χ3v) is 3.68. The van der Waals surface area contributed by atoms with E-state index >= 15 is 0 Å². The van der Waals surface area contributed by atoms with Gasteiger partial charge in [-0.25, -0.2) is 9.78 Å². The Labute approximate surface area is 111 Å². The zero-order valence-corrected chi connectivity index (χ0v) is 11.1. The van der Waals surface area contributed by atoms with Gasteiger partial charge in [-0.15, -0.1) is 35.0 Å². The summed E-state index contributed by atoms with van der Waals surface area (Å²) in [5, 5.41) is 9.98. The Morgan fingerprint density at radius 1 is 1.44 bits per heavy atom. The van der Waals surface area contributed by atoms with Crippen molar-refractivity contribution in [3.63, 3.8) is 0 Å². The van der Waals surface area contributed by atoms with E-state index in [1.54, 1.807) is 6.07 Å². The van der Waals surface area contributed by atoms with E-state index in [9.17, 15) is 4.79 Å². The van der Waals surface area contributed by atoms with Crippen molar-refractivity contribution in [1.29, 1.82) is 0 Å². The number of pyridine rings is 1. The fourth-order valence-electron chi connectivity index (χ4n) is 1.01. The van der Waals surface area contributed by atoms with Crippen molar-refractivity contribution < 1.29 is 9.90 Å². The second kappa shape index (κ2) is 6.44. The lowest BCUT2D eigenvalue weighted by Crippen LogP contribution is -2.06. The number of thioether (sulfide) groups is 2. The molecule has 88 valence electrons. The van der Waals surface area contributed by atoms with Gasteiger partial charge < -0.3 is 10.8 Å². The summed E-state index contributed by atoms with van der Waals surface area (Å²) in [6.45, 7) is 0. The summed E-state index contributed by atoms with van der Waals surface area (Å²) in [6.07, 6.45) is 0. The summed E-state index contributed by atoms with van der Waals surface area (Å²) in [6, 6.07) is 1.59. The van der Waals surface area contributed by atoms with Gasteiger partial charge in [0.05, 0.1) is 21.0 Å². The van der Waals surface area contributed by atoms with Crippen LogP contribution in [0.5, 0.6) is 0 Å². The summed E-state index contributed by atoms with van der Waals surface area (Å²) < 4.78 is 0. The minimum Gasteiger partial charge on any atom is -0.476 e. The fourth-order valence-corrected chi connectivity index (χ4v) is 2.75. The van der Waals surface area contributed by atoms with Gasteiger partial charge in [0, 0.05) is 0 Å². The van der Waals surface area contributed by atoms with Crippen molar-refractivity contribution in [2.24, 2.45) is 0 Å². The van der Waals surface area contributed by atoms with Crippen LogP contribution in [-0.2, 0) is 0 Å². The van der Waals surface area contributed by atoms with Gasteiger partial charge >= 0.3 is 5.97 Å². The van der Waals surface area contributed by atoms with Crippen LogP contribution >= 0.6 is 46.7 Å². The number of aromatic carboxylic acids is 1. The summed E-state index contributed by atoms with van der Waals surface area (Å²) in [5.74, 6) is -1.13. The number of carbonyl (C=O) groups is 1. The lowest BCUT2D eigenvalue weighted by molar-refractivity contribution is 0.0685. The predicted octanol–water partition coefficient (Wildman–Crippen LogP) is 2.94. The Kier molecular flexibility index (Phi) is 5.54. The second-order valence-electron chi connectivity index (χ2n) is 2.54. The third-order valence-electron chi connectivity index (χ3n) is 1.58. The van der Waals surface area contributed by atoms with Gasteiger partial charge in [-0.3, -0.25) is 0 Å². The highest BCUT2D eigenvalue weighted by Gasteiger charge is 2.17. The molecule has 0 bridgehead atoms. The van der Waals surface area contributed by atoms with Gasteiger partial charge in [-0.2, -0.15) is 0 Å². The van der Waals surface area contributed by atoms with E-state index < -0.39 is 5.97 Å². The maximum absolute atomic E-state index is 11.0. The van der Waals surface area contributed by atoms with Crippen LogP contribution in [0.2, 0.25) is 0 Å². The Bertz CT molecular complexity index is 404. The largest absolute Gasteiger partial charge is 0.476 e. The second-order valence-corrected chi connectivity index (χ2v) is 5.69. The Morgan fingerprint density at radius 2 is 2.06 bits per heavy atom. The van der Waals surface area contributed by atoms with E-state index in [1.807, 2.05) is 0 Å². The van der Waals surface area contributed by atoms with Crippen LogP contribution < -0.4 is 5.73 Å². The minimum absolute atomic E-state index is 0.0849. The number of aromatic nitrogens is 1. The fraction of sp³-hybridized carbons (Fsp3) is 0.250. The van der Waals surface area contributed by atoms with Crippen LogP contribution in [0.25, 0.3) is 0 Å². The number of carboxylic acid groups (broad SMARTS) is 1. The van der Waals surface area contributed by atoms with Gasteiger partial charge in [-0.1, -0.05) is 11.8 Å². The SMILES string of the molecule is Nc1cc(SCCl)nc(C(=O)O)c1SCCl. The van der Waals surface area contributed by atoms with E-state index in [-0.39, 0.29) is 16.1 Å². The van der Waals surface area contributed by atoms with Crippen molar-refractivity contribution in [1.82, 2.24) is 4.98 Å². The summed E-state index contributed by atoms with van der Waals surface area (Å²) in [7, 11) is 0. The number of nitrogens with zero attached hydrogens (tertiary/aromatic N) is 1. The van der Waals surface area contributed by atoms with Crippen LogP contribution in [0.1, 0.15) is 10.5 Å². The summed E-state index contributed by atoms with van der Waals surface area (Å²) in [4.78, 5) is 15.3. The highest BCUT2D eigenvalue weighted by molar-refractivity contribution is 8.00. The van der Waals surface area contributed by atoms with Gasteiger partial charge in [0.1, 0.15) is 5.03 Å². The molecule has 0 saturated heterocycles. The molecule has 0 radical (unpaired) electrons. The molecular weight excluding hydrogens is 291 g/mol. The van der Waals surface area contributed by atoms with Crippen LogP contribution in [0.4, 0.5) is 5.69 Å². The van der Waals surface area contributed by atoms with Crippen LogP contribution in [0.3, 0.4) is 0 Å². The molecule has 16 heavy (non-hydrogen) atoms. The first-order valence-corrected chi connectivity index (χ1v) is 7.05. The van der Waals surface area contributed by atoms with E-state index in [4.69, 9.17) is 34.0 Å². The third kappa shape index (κ3) is 3.35. The first-order valence-electron chi connectivity index (χ1n) is 4.01. The Balaban J connectivity index is 3.22. The molecule has 0 atom stereocenters. The van der Waals surface area contributed by atoms with E-state index in [0.29, 0.717) is 15.6 Å². The number of alkyl halides is 2. The van der Waals surface area contributed by atoms with Crippen molar-refractivity contribution in [3.8, 4) is 0 Å². The summed E-state index contributed by atoms with van der Waals surface area (Å²) in [5.41, 5.74) is 6.00. The molecule has 1 heterocycles. The number of carboxylic acids is 1. The van der Waals surface area contributed by atoms with E-state index in [0.717, 1.165) is 11.8 Å². The number of anilines is 1. The van der Waals surface area contributed by atoms with Gasteiger partial charge in [-0.05, 0) is 6.07 Å². The first kappa shape index (κ1) is 13.8. The molecule has 0 amide bonds. The van der Waals surface area contributed by atoms with Crippen LogP contribution in [0.15, 0.2) is 16.0 Å². The summed E-state index contributed by atoms with van der Waals surface area (Å²) >= 11 is 13.4. The monoisotopic (exact) mass is 298 g/mol. The molecule has 0 saturated carbocycles. The average Bonchev–Trinajstić information content (AvgIpc) is 2.22. The number of rotatable bonds is 5. The molecule has 0 aliphatic carbocycles. The molecule has 1 aromatic rings. The molecule has 0 unspecified atom stereocenters. The lowest BCUT2D eigenvalue weighted by Gasteiger charge is -2.08. The topological polar surface area (TPSA) is 76.2 Å². The minimum atomic E-state index is -1.13. The average molecular weight is 299 g/mol. The maximum Gasteiger partial charge on any atom is 0.355 e. The van der Waals surface area contributed by atoms with Crippen molar-refractivity contribution in [3.05, 3.63) is 11.8 Å². The zero-order chi connectivity index (χ0) is 12.1. The molecule has 0 aliphatic heterocycles. The van der Waals surface area contributed by atoms with Crippen LogP contribution in [-0.4, -0.2) is 26.5 Å². The molecule has 1 aromatic heterocycles. The molecular formula is C8H8Cl2N2O2S2. The Morgan fingerprint density at radius 3 is 2.56 bits per heavy atom. The molecule has 1 rings (SSSR count). The van der Waals surface area contributed by atoms with Crippen LogP contribution in [0, 0.1) is 0 Å². The number of nitrogen functional groups attached to an aromatic ring is 1. The number of hydrogen-bond donors (Lipinski definition) is 2. The first-order chi connectivity index (χ1) is 7.60.